The van der Waals surface area contributed by atoms with E-state index in [0.29, 0.717) is 5.56 Å². The van der Waals surface area contributed by atoms with Crippen LogP contribution < -0.4 is 5.32 Å². The summed E-state index contributed by atoms with van der Waals surface area (Å²) < 4.78 is 13.7. The summed E-state index contributed by atoms with van der Waals surface area (Å²) in [6.45, 7) is 3.83. The number of ketones is 1. The van der Waals surface area contributed by atoms with E-state index in [0.717, 1.165) is 38.8 Å². The predicted octanol–water partition coefficient (Wildman–Crippen LogP) is 3.11. The highest BCUT2D eigenvalue weighted by Crippen LogP contribution is 2.34. The van der Waals surface area contributed by atoms with Crippen molar-refractivity contribution in [2.24, 2.45) is 5.41 Å². The smallest absolute Gasteiger partial charge is 0.144 e. The third-order valence-electron chi connectivity index (χ3n) is 4.10. The van der Waals surface area contributed by atoms with Crippen LogP contribution in [0.15, 0.2) is 24.3 Å². The van der Waals surface area contributed by atoms with Crippen LogP contribution in [0.1, 0.15) is 38.2 Å². The van der Waals surface area contributed by atoms with Crippen LogP contribution in [0.3, 0.4) is 0 Å². The number of carbonyl (C=O) groups is 1. The second kappa shape index (κ2) is 6.29. The molecule has 2 nitrogen and oxygen atoms in total. The molecule has 0 bridgehead atoms. The fourth-order valence-electron chi connectivity index (χ4n) is 3.04. The first-order valence-electron chi connectivity index (χ1n) is 7.15. The van der Waals surface area contributed by atoms with Gasteiger partial charge >= 0.3 is 0 Å². The highest BCUT2D eigenvalue weighted by molar-refractivity contribution is 5.87. The average Bonchev–Trinajstić information content (AvgIpc) is 2.42. The average molecular weight is 263 g/mol. The Morgan fingerprint density at radius 2 is 2.21 bits per heavy atom. The van der Waals surface area contributed by atoms with Crippen LogP contribution in [0.5, 0.6) is 0 Å². The van der Waals surface area contributed by atoms with Gasteiger partial charge in [0.15, 0.2) is 0 Å². The van der Waals surface area contributed by atoms with Gasteiger partial charge in [-0.2, -0.15) is 0 Å². The van der Waals surface area contributed by atoms with Crippen molar-refractivity contribution in [1.82, 2.24) is 5.32 Å². The third-order valence-corrected chi connectivity index (χ3v) is 4.10. The van der Waals surface area contributed by atoms with E-state index in [2.05, 4.69) is 12.2 Å². The van der Waals surface area contributed by atoms with Crippen LogP contribution in [0.2, 0.25) is 0 Å². The van der Waals surface area contributed by atoms with Crippen molar-refractivity contribution in [3.63, 3.8) is 0 Å². The van der Waals surface area contributed by atoms with E-state index in [1.54, 1.807) is 18.2 Å². The molecule has 104 valence electrons. The lowest BCUT2D eigenvalue weighted by Gasteiger charge is -2.36. The molecule has 1 unspecified atom stereocenters. The van der Waals surface area contributed by atoms with Gasteiger partial charge in [-0.05, 0) is 37.4 Å². The number of nitrogens with one attached hydrogen (secondary N) is 1. The Morgan fingerprint density at radius 1 is 1.42 bits per heavy atom. The number of rotatable bonds is 5. The molecule has 1 fully saturated rings. The summed E-state index contributed by atoms with van der Waals surface area (Å²) in [7, 11) is 0. The zero-order valence-corrected chi connectivity index (χ0v) is 11.5. The lowest BCUT2D eigenvalue weighted by molar-refractivity contribution is -0.129. The maximum absolute atomic E-state index is 13.7. The van der Waals surface area contributed by atoms with Crippen molar-refractivity contribution in [1.29, 1.82) is 0 Å². The fourth-order valence-corrected chi connectivity index (χ4v) is 3.04. The van der Waals surface area contributed by atoms with Gasteiger partial charge in [-0.1, -0.05) is 31.5 Å². The first-order valence-corrected chi connectivity index (χ1v) is 7.15. The first-order chi connectivity index (χ1) is 9.18. The Labute approximate surface area is 114 Å². The lowest BCUT2D eigenvalue weighted by Crippen LogP contribution is -2.46. The summed E-state index contributed by atoms with van der Waals surface area (Å²) in [4.78, 5) is 12.6. The lowest BCUT2D eigenvalue weighted by atomic mass is 9.72. The molecule has 1 aromatic rings. The molecular weight excluding hydrogens is 241 g/mol. The van der Waals surface area contributed by atoms with E-state index in [9.17, 15) is 9.18 Å². The van der Waals surface area contributed by atoms with Crippen molar-refractivity contribution >= 4 is 5.78 Å². The van der Waals surface area contributed by atoms with E-state index >= 15 is 0 Å². The molecule has 1 saturated heterocycles. The van der Waals surface area contributed by atoms with Crippen molar-refractivity contribution in [2.45, 2.75) is 39.0 Å². The second-order valence-corrected chi connectivity index (χ2v) is 5.50. The van der Waals surface area contributed by atoms with E-state index in [-0.39, 0.29) is 23.4 Å². The van der Waals surface area contributed by atoms with E-state index in [1.807, 2.05) is 0 Å². The Morgan fingerprint density at radius 3 is 2.84 bits per heavy atom. The minimum absolute atomic E-state index is 0.187. The maximum atomic E-state index is 13.7. The Balaban J connectivity index is 2.14. The largest absolute Gasteiger partial charge is 0.316 e. The Bertz CT molecular complexity index is 433. The van der Waals surface area contributed by atoms with Gasteiger partial charge in [-0.25, -0.2) is 4.39 Å². The molecule has 2 rings (SSSR count). The molecule has 0 spiro atoms. The molecule has 1 aromatic carbocycles. The quantitative estimate of drug-likeness (QED) is 0.884. The van der Waals surface area contributed by atoms with Crippen molar-refractivity contribution in [3.8, 4) is 0 Å². The molecule has 0 aromatic heterocycles. The zero-order chi connectivity index (χ0) is 13.7. The SMILES string of the molecule is CCCC1(C(=O)Cc2ccccc2F)CCCNC1. The molecule has 1 heterocycles. The van der Waals surface area contributed by atoms with Crippen molar-refractivity contribution < 1.29 is 9.18 Å². The zero-order valence-electron chi connectivity index (χ0n) is 11.5. The van der Waals surface area contributed by atoms with Crippen LogP contribution in [-0.4, -0.2) is 18.9 Å². The van der Waals surface area contributed by atoms with E-state index in [1.165, 1.54) is 6.07 Å². The molecule has 1 aliphatic rings. The second-order valence-electron chi connectivity index (χ2n) is 5.50. The molecule has 0 amide bonds. The van der Waals surface area contributed by atoms with Crippen LogP contribution in [0.25, 0.3) is 0 Å². The van der Waals surface area contributed by atoms with Crippen LogP contribution >= 0.6 is 0 Å². The summed E-state index contributed by atoms with van der Waals surface area (Å²) in [5, 5.41) is 3.33. The van der Waals surface area contributed by atoms with Gasteiger partial charge in [-0.15, -0.1) is 0 Å². The highest BCUT2D eigenvalue weighted by atomic mass is 19.1. The van der Waals surface area contributed by atoms with Gasteiger partial charge in [0.1, 0.15) is 11.6 Å². The summed E-state index contributed by atoms with van der Waals surface area (Å²) >= 11 is 0. The van der Waals surface area contributed by atoms with Crippen LogP contribution in [0, 0.1) is 11.2 Å². The van der Waals surface area contributed by atoms with Crippen molar-refractivity contribution in [3.05, 3.63) is 35.6 Å². The topological polar surface area (TPSA) is 29.1 Å². The monoisotopic (exact) mass is 263 g/mol. The molecule has 19 heavy (non-hydrogen) atoms. The minimum Gasteiger partial charge on any atom is -0.316 e. The third kappa shape index (κ3) is 3.21. The first kappa shape index (κ1) is 14.2. The number of benzene rings is 1. The van der Waals surface area contributed by atoms with Gasteiger partial charge in [0, 0.05) is 18.4 Å². The standard InChI is InChI=1S/C16H22FNO/c1-2-8-16(9-5-10-18-12-16)15(19)11-13-6-3-4-7-14(13)17/h3-4,6-7,18H,2,5,8-12H2,1H3. The molecule has 0 saturated carbocycles. The molecule has 1 aliphatic heterocycles. The molecule has 0 radical (unpaired) electrons. The maximum Gasteiger partial charge on any atom is 0.144 e. The number of hydrogen-bond acceptors (Lipinski definition) is 2. The summed E-state index contributed by atoms with van der Waals surface area (Å²) in [5.74, 6) is -0.0853. The number of hydrogen-bond donors (Lipinski definition) is 1. The normalized spacial score (nSPS) is 23.3. The number of piperidine rings is 1. The fraction of sp³-hybridized carbons (Fsp3) is 0.562. The summed E-state index contributed by atoms with van der Waals surface area (Å²) in [6, 6.07) is 6.59. The number of Topliss-reactive ketones (excluding diaryl/α,β-unsaturated/α-hetero) is 1. The molecule has 3 heteroatoms. The number of carbonyl (C=O) groups excluding carboxylic acids is 1. The molecule has 1 atom stereocenters. The van der Waals surface area contributed by atoms with E-state index < -0.39 is 0 Å². The Hall–Kier alpha value is -1.22. The van der Waals surface area contributed by atoms with Gasteiger partial charge in [0.2, 0.25) is 0 Å². The Kier molecular flexibility index (Phi) is 4.70. The minimum atomic E-state index is -0.282. The van der Waals surface area contributed by atoms with Gasteiger partial charge in [0.05, 0.1) is 0 Å². The van der Waals surface area contributed by atoms with Gasteiger partial charge < -0.3 is 5.32 Å². The van der Waals surface area contributed by atoms with Gasteiger partial charge in [0.25, 0.3) is 0 Å². The van der Waals surface area contributed by atoms with Crippen LogP contribution in [0.4, 0.5) is 4.39 Å². The molecule has 1 N–H and O–H groups in total. The molecule has 0 aliphatic carbocycles. The van der Waals surface area contributed by atoms with E-state index in [4.69, 9.17) is 0 Å². The molecular formula is C16H22FNO. The number of halogens is 1. The highest BCUT2D eigenvalue weighted by Gasteiger charge is 2.38. The summed E-state index contributed by atoms with van der Waals surface area (Å²) in [6.07, 6.45) is 4.07. The van der Waals surface area contributed by atoms with Crippen LogP contribution in [-0.2, 0) is 11.2 Å². The predicted molar refractivity (Wildman–Crippen MR) is 74.6 cm³/mol. The van der Waals surface area contributed by atoms with Crippen molar-refractivity contribution in [2.75, 3.05) is 13.1 Å². The van der Waals surface area contributed by atoms with Gasteiger partial charge in [-0.3, -0.25) is 4.79 Å². The summed E-state index contributed by atoms with van der Waals surface area (Å²) in [5.41, 5.74) is 0.239.